The van der Waals surface area contributed by atoms with Crippen molar-refractivity contribution in [2.45, 2.75) is 18.4 Å². The van der Waals surface area contributed by atoms with E-state index in [0.717, 1.165) is 0 Å². The number of nitrogens with one attached hydrogen (secondary N) is 1. The molecule has 5 nitrogen and oxygen atoms in total. The van der Waals surface area contributed by atoms with E-state index in [2.05, 4.69) is 5.32 Å². The van der Waals surface area contributed by atoms with Gasteiger partial charge in [0, 0.05) is 31.4 Å². The summed E-state index contributed by atoms with van der Waals surface area (Å²) in [5.41, 5.74) is -0.681. The number of carbonyl (C=O) groups is 2. The summed E-state index contributed by atoms with van der Waals surface area (Å²) in [5.74, 6) is -1.33. The minimum atomic E-state index is -1.18. The predicted octanol–water partition coefficient (Wildman–Crippen LogP) is 1.11. The van der Waals surface area contributed by atoms with Gasteiger partial charge in [0.15, 0.2) is 0 Å². The summed E-state index contributed by atoms with van der Waals surface area (Å²) in [5, 5.41) is 15.4. The molecule has 1 aliphatic heterocycles. The second kappa shape index (κ2) is 4.85. The molecule has 92 valence electrons. The number of carbonyl (C=O) groups excluding carboxylic acids is 1. The Morgan fingerprint density at radius 3 is 2.65 bits per heavy atom. The van der Waals surface area contributed by atoms with Crippen LogP contribution in [0.2, 0.25) is 0 Å². The molecule has 0 bridgehead atoms. The van der Waals surface area contributed by atoms with Crippen molar-refractivity contribution in [3.8, 4) is 0 Å². The highest BCUT2D eigenvalue weighted by Crippen LogP contribution is 2.22. The maximum Gasteiger partial charge on any atom is 0.329 e. The maximum atomic E-state index is 11.9. The van der Waals surface area contributed by atoms with Crippen molar-refractivity contribution in [2.75, 3.05) is 13.2 Å². The Morgan fingerprint density at radius 1 is 1.41 bits per heavy atom. The van der Waals surface area contributed by atoms with Gasteiger partial charge in [-0.3, -0.25) is 4.79 Å². The minimum absolute atomic E-state index is 0.304. The lowest BCUT2D eigenvalue weighted by atomic mass is 9.90. The highest BCUT2D eigenvalue weighted by atomic mass is 32.1. The van der Waals surface area contributed by atoms with Gasteiger partial charge in [-0.15, -0.1) is 0 Å². The Hall–Kier alpha value is -1.40. The van der Waals surface area contributed by atoms with Crippen LogP contribution in [0.1, 0.15) is 23.2 Å². The molecule has 1 fully saturated rings. The van der Waals surface area contributed by atoms with Crippen LogP contribution in [-0.2, 0) is 9.53 Å². The van der Waals surface area contributed by atoms with E-state index in [1.165, 1.54) is 11.3 Å². The van der Waals surface area contributed by atoms with Gasteiger partial charge < -0.3 is 15.2 Å². The van der Waals surface area contributed by atoms with Gasteiger partial charge in [0.25, 0.3) is 5.91 Å². The number of rotatable bonds is 3. The highest BCUT2D eigenvalue weighted by molar-refractivity contribution is 7.08. The Kier molecular flexibility index (Phi) is 3.44. The zero-order valence-corrected chi connectivity index (χ0v) is 9.96. The molecule has 17 heavy (non-hydrogen) atoms. The fraction of sp³-hybridized carbons (Fsp3) is 0.455. The smallest absolute Gasteiger partial charge is 0.329 e. The van der Waals surface area contributed by atoms with Gasteiger partial charge in [0.1, 0.15) is 5.54 Å². The van der Waals surface area contributed by atoms with Gasteiger partial charge in [0.2, 0.25) is 0 Å². The van der Waals surface area contributed by atoms with E-state index >= 15 is 0 Å². The molecule has 0 atom stereocenters. The summed E-state index contributed by atoms with van der Waals surface area (Å²) in [7, 11) is 0. The van der Waals surface area contributed by atoms with Crippen LogP contribution in [0.3, 0.4) is 0 Å². The van der Waals surface area contributed by atoms with Crippen LogP contribution >= 0.6 is 11.3 Å². The molecule has 6 heteroatoms. The van der Waals surface area contributed by atoms with Crippen molar-refractivity contribution in [1.29, 1.82) is 0 Å². The third-order valence-corrected chi connectivity index (χ3v) is 3.58. The largest absolute Gasteiger partial charge is 0.480 e. The third-order valence-electron chi connectivity index (χ3n) is 2.89. The molecule has 0 aromatic carbocycles. The highest BCUT2D eigenvalue weighted by Gasteiger charge is 2.41. The lowest BCUT2D eigenvalue weighted by Crippen LogP contribution is -2.57. The van der Waals surface area contributed by atoms with Crippen molar-refractivity contribution >= 4 is 23.2 Å². The summed E-state index contributed by atoms with van der Waals surface area (Å²) in [6, 6.07) is 1.68. The number of ether oxygens (including phenoxy) is 1. The number of aliphatic carboxylic acids is 1. The van der Waals surface area contributed by atoms with Crippen molar-refractivity contribution in [3.05, 3.63) is 22.4 Å². The van der Waals surface area contributed by atoms with E-state index < -0.39 is 11.5 Å². The molecule has 1 saturated heterocycles. The lowest BCUT2D eigenvalue weighted by Gasteiger charge is -2.33. The molecule has 0 radical (unpaired) electrons. The first-order valence-corrected chi connectivity index (χ1v) is 6.24. The van der Waals surface area contributed by atoms with Crippen LogP contribution in [0, 0.1) is 0 Å². The third kappa shape index (κ3) is 2.48. The van der Waals surface area contributed by atoms with Crippen LogP contribution in [0.4, 0.5) is 0 Å². The number of hydrogen-bond donors (Lipinski definition) is 2. The summed E-state index contributed by atoms with van der Waals surface area (Å²) in [4.78, 5) is 23.2. The number of amides is 1. The van der Waals surface area contributed by atoms with Crippen LogP contribution in [0.5, 0.6) is 0 Å². The number of thiophene rings is 1. The number of hydrogen-bond acceptors (Lipinski definition) is 4. The standard InChI is InChI=1S/C11H13NO4S/c13-9(8-1-6-17-7-8)12-11(10(14)15)2-4-16-5-3-11/h1,6-7H,2-5H2,(H,12,13)(H,14,15). The molecular formula is C11H13NO4S. The summed E-state index contributed by atoms with van der Waals surface area (Å²) in [6.07, 6.45) is 0.608. The van der Waals surface area contributed by atoms with E-state index in [-0.39, 0.29) is 5.91 Å². The SMILES string of the molecule is O=C(NC1(C(=O)O)CCOCC1)c1ccsc1. The van der Waals surface area contributed by atoms with E-state index in [9.17, 15) is 14.7 Å². The van der Waals surface area contributed by atoms with Crippen molar-refractivity contribution in [3.63, 3.8) is 0 Å². The van der Waals surface area contributed by atoms with Gasteiger partial charge in [0.05, 0.1) is 5.56 Å². The van der Waals surface area contributed by atoms with Crippen LogP contribution in [-0.4, -0.2) is 35.7 Å². The fourth-order valence-electron chi connectivity index (χ4n) is 1.80. The maximum absolute atomic E-state index is 11.9. The monoisotopic (exact) mass is 255 g/mol. The van der Waals surface area contributed by atoms with Crippen LogP contribution in [0.15, 0.2) is 16.8 Å². The summed E-state index contributed by atoms with van der Waals surface area (Å²) >= 11 is 1.40. The quantitative estimate of drug-likeness (QED) is 0.848. The molecule has 1 aromatic heterocycles. The van der Waals surface area contributed by atoms with E-state index in [1.807, 2.05) is 0 Å². The average Bonchev–Trinajstić information content (AvgIpc) is 2.83. The normalized spacial score (nSPS) is 18.6. The van der Waals surface area contributed by atoms with Gasteiger partial charge in [-0.2, -0.15) is 11.3 Å². The molecule has 2 rings (SSSR count). The Balaban J connectivity index is 2.13. The Bertz CT molecular complexity index is 409. The van der Waals surface area contributed by atoms with E-state index in [4.69, 9.17) is 4.74 Å². The second-order valence-corrected chi connectivity index (χ2v) is 4.75. The number of carboxylic acids is 1. The zero-order valence-electron chi connectivity index (χ0n) is 9.14. The van der Waals surface area contributed by atoms with Gasteiger partial charge in [-0.25, -0.2) is 4.79 Å². The number of carboxylic acid groups (broad SMARTS) is 1. The second-order valence-electron chi connectivity index (χ2n) is 3.97. The van der Waals surface area contributed by atoms with E-state index in [1.54, 1.807) is 16.8 Å². The fourth-order valence-corrected chi connectivity index (χ4v) is 2.43. The van der Waals surface area contributed by atoms with E-state index in [0.29, 0.717) is 31.6 Å². The first kappa shape index (κ1) is 12.1. The summed E-state index contributed by atoms with van der Waals surface area (Å²) in [6.45, 7) is 0.715. The van der Waals surface area contributed by atoms with Gasteiger partial charge in [-0.05, 0) is 11.4 Å². The topological polar surface area (TPSA) is 75.6 Å². The van der Waals surface area contributed by atoms with Crippen LogP contribution in [0.25, 0.3) is 0 Å². The molecule has 2 heterocycles. The van der Waals surface area contributed by atoms with Gasteiger partial charge in [-0.1, -0.05) is 0 Å². The molecule has 0 unspecified atom stereocenters. The molecule has 0 aliphatic carbocycles. The summed E-state index contributed by atoms with van der Waals surface area (Å²) < 4.78 is 5.13. The first-order chi connectivity index (χ1) is 8.14. The Morgan fingerprint density at radius 2 is 2.12 bits per heavy atom. The van der Waals surface area contributed by atoms with Crippen molar-refractivity contribution < 1.29 is 19.4 Å². The molecule has 1 aromatic rings. The zero-order chi connectivity index (χ0) is 12.3. The molecule has 0 saturated carbocycles. The molecular weight excluding hydrogens is 242 g/mol. The molecule has 1 aliphatic rings. The van der Waals surface area contributed by atoms with Crippen molar-refractivity contribution in [2.24, 2.45) is 0 Å². The minimum Gasteiger partial charge on any atom is -0.480 e. The molecule has 0 spiro atoms. The molecule has 1 amide bonds. The first-order valence-electron chi connectivity index (χ1n) is 5.30. The van der Waals surface area contributed by atoms with Crippen molar-refractivity contribution in [1.82, 2.24) is 5.32 Å². The van der Waals surface area contributed by atoms with Gasteiger partial charge >= 0.3 is 5.97 Å². The predicted molar refractivity (Wildman–Crippen MR) is 62.2 cm³/mol. The average molecular weight is 255 g/mol. The lowest BCUT2D eigenvalue weighted by molar-refractivity contribution is -0.148. The Labute approximate surface area is 102 Å². The molecule has 2 N–H and O–H groups in total. The van der Waals surface area contributed by atoms with Crippen LogP contribution < -0.4 is 5.32 Å².